The van der Waals surface area contributed by atoms with E-state index in [2.05, 4.69) is 10.1 Å². The molecule has 1 unspecified atom stereocenters. The average molecular weight is 414 g/mol. The smallest absolute Gasteiger partial charge is 0.416 e. The minimum atomic E-state index is -4.75. The number of halogens is 4. The molecule has 148 valence electrons. The summed E-state index contributed by atoms with van der Waals surface area (Å²) in [6.45, 7) is 1.03. The van der Waals surface area contributed by atoms with Crippen LogP contribution in [0.3, 0.4) is 0 Å². The van der Waals surface area contributed by atoms with Crippen LogP contribution in [0.5, 0.6) is 17.2 Å². The van der Waals surface area contributed by atoms with Crippen molar-refractivity contribution >= 4 is 11.6 Å². The molecule has 6 nitrogen and oxygen atoms in total. The van der Waals surface area contributed by atoms with E-state index in [1.165, 1.54) is 48.5 Å². The number of phenolic OH excluding ortho intramolecular Hbond substituents is 1. The number of aromatic nitrogens is 3. The molecule has 0 bridgehead atoms. The van der Waals surface area contributed by atoms with Gasteiger partial charge in [0.2, 0.25) is 0 Å². The van der Waals surface area contributed by atoms with E-state index in [0.29, 0.717) is 0 Å². The number of ether oxygens (including phenoxy) is 1. The highest BCUT2D eigenvalue weighted by Crippen LogP contribution is 2.41. The van der Waals surface area contributed by atoms with E-state index in [-0.39, 0.29) is 34.4 Å². The third kappa shape index (κ3) is 4.37. The molecular weight excluding hydrogens is 399 g/mol. The highest BCUT2D eigenvalue weighted by atomic mass is 35.5. The van der Waals surface area contributed by atoms with E-state index in [4.69, 9.17) is 16.3 Å². The Morgan fingerprint density at radius 3 is 2.50 bits per heavy atom. The molecule has 0 amide bonds. The minimum Gasteiger partial charge on any atom is -0.504 e. The molecule has 2 aromatic carbocycles. The fourth-order valence-corrected chi connectivity index (χ4v) is 2.88. The number of aliphatic hydroxyl groups is 1. The number of aromatic hydroxyl groups is 1. The molecule has 28 heavy (non-hydrogen) atoms. The summed E-state index contributed by atoms with van der Waals surface area (Å²) in [6, 6.07) is 7.13. The molecule has 0 saturated carbocycles. The molecule has 3 aromatic rings. The second kappa shape index (κ2) is 7.33. The standard InChI is InChI=1S/C18H15ClF3N3O3/c1-17(27,8-25-10-23-9-24-25)13-4-3-12(7-14(13)18(20,21)22)28-16-5-2-11(19)6-15(16)26/h2-7,9-10,26-27H,8H2,1H3. The van der Waals surface area contributed by atoms with E-state index in [9.17, 15) is 23.4 Å². The zero-order valence-electron chi connectivity index (χ0n) is 14.5. The molecular formula is C18H15ClF3N3O3. The largest absolute Gasteiger partial charge is 0.504 e. The molecule has 10 heteroatoms. The number of alkyl halides is 3. The molecule has 0 aliphatic heterocycles. The number of benzene rings is 2. The first-order valence-electron chi connectivity index (χ1n) is 7.99. The van der Waals surface area contributed by atoms with Crippen molar-refractivity contribution in [2.24, 2.45) is 0 Å². The van der Waals surface area contributed by atoms with Crippen molar-refractivity contribution in [2.75, 3.05) is 0 Å². The monoisotopic (exact) mass is 413 g/mol. The van der Waals surface area contributed by atoms with Crippen LogP contribution in [0.25, 0.3) is 0 Å². The van der Waals surface area contributed by atoms with Gasteiger partial charge in [0.05, 0.1) is 12.1 Å². The lowest BCUT2D eigenvalue weighted by Crippen LogP contribution is -2.31. The summed E-state index contributed by atoms with van der Waals surface area (Å²) in [5, 5.41) is 24.6. The summed E-state index contributed by atoms with van der Waals surface area (Å²) in [5.74, 6) is -0.534. The Kier molecular flexibility index (Phi) is 5.22. The van der Waals surface area contributed by atoms with Gasteiger partial charge in [0.15, 0.2) is 11.5 Å². The summed E-state index contributed by atoms with van der Waals surface area (Å²) >= 11 is 5.73. The van der Waals surface area contributed by atoms with Gasteiger partial charge in [-0.2, -0.15) is 18.3 Å². The summed E-state index contributed by atoms with van der Waals surface area (Å²) < 4.78 is 47.5. The maximum Gasteiger partial charge on any atom is 0.416 e. The molecule has 0 aliphatic carbocycles. The predicted molar refractivity (Wildman–Crippen MR) is 94.2 cm³/mol. The van der Waals surface area contributed by atoms with Gasteiger partial charge in [0.25, 0.3) is 0 Å². The molecule has 1 heterocycles. The molecule has 1 aromatic heterocycles. The van der Waals surface area contributed by atoms with Crippen LogP contribution in [0.1, 0.15) is 18.1 Å². The fourth-order valence-electron chi connectivity index (χ4n) is 2.71. The van der Waals surface area contributed by atoms with Crippen molar-refractivity contribution < 1.29 is 28.1 Å². The third-order valence-corrected chi connectivity index (χ3v) is 4.20. The van der Waals surface area contributed by atoms with Crippen LogP contribution in [0.4, 0.5) is 13.2 Å². The highest BCUT2D eigenvalue weighted by Gasteiger charge is 2.39. The summed E-state index contributed by atoms with van der Waals surface area (Å²) in [4.78, 5) is 3.71. The Balaban J connectivity index is 1.98. The number of phenols is 1. The van der Waals surface area contributed by atoms with Crippen LogP contribution in [0.2, 0.25) is 5.02 Å². The molecule has 0 aliphatic rings. The van der Waals surface area contributed by atoms with Gasteiger partial charge in [0, 0.05) is 11.1 Å². The second-order valence-electron chi connectivity index (χ2n) is 6.29. The Morgan fingerprint density at radius 2 is 1.89 bits per heavy atom. The van der Waals surface area contributed by atoms with Crippen molar-refractivity contribution in [1.29, 1.82) is 0 Å². The third-order valence-electron chi connectivity index (χ3n) is 3.96. The quantitative estimate of drug-likeness (QED) is 0.649. The van der Waals surface area contributed by atoms with Gasteiger partial charge in [-0.05, 0) is 36.8 Å². The van der Waals surface area contributed by atoms with E-state index in [0.717, 1.165) is 12.1 Å². The Labute approximate surface area is 162 Å². The molecule has 1 atom stereocenters. The number of nitrogens with zero attached hydrogens (tertiary/aromatic N) is 3. The first-order valence-corrected chi connectivity index (χ1v) is 8.37. The summed E-state index contributed by atoms with van der Waals surface area (Å²) in [6.07, 6.45) is -2.23. The minimum absolute atomic E-state index is 0.0559. The SMILES string of the molecule is CC(O)(Cn1cncn1)c1ccc(Oc2ccc(Cl)cc2O)cc1C(F)(F)F. The number of hydrogen-bond acceptors (Lipinski definition) is 5. The summed E-state index contributed by atoms with van der Waals surface area (Å²) in [7, 11) is 0. The Bertz CT molecular complexity index is 976. The van der Waals surface area contributed by atoms with E-state index >= 15 is 0 Å². The van der Waals surface area contributed by atoms with Crippen molar-refractivity contribution in [3.63, 3.8) is 0 Å². The first kappa shape index (κ1) is 20.0. The second-order valence-corrected chi connectivity index (χ2v) is 6.72. The lowest BCUT2D eigenvalue weighted by atomic mass is 9.90. The molecule has 0 saturated heterocycles. The number of rotatable bonds is 5. The van der Waals surface area contributed by atoms with Crippen LogP contribution in [-0.4, -0.2) is 25.0 Å². The van der Waals surface area contributed by atoms with Crippen molar-refractivity contribution in [3.05, 3.63) is 65.2 Å². The van der Waals surface area contributed by atoms with Gasteiger partial charge in [0.1, 0.15) is 24.0 Å². The Morgan fingerprint density at radius 1 is 1.14 bits per heavy atom. The van der Waals surface area contributed by atoms with Crippen LogP contribution in [-0.2, 0) is 18.3 Å². The predicted octanol–water partition coefficient (Wildman–Crippen LogP) is 4.36. The fraction of sp³-hybridized carbons (Fsp3) is 0.222. The van der Waals surface area contributed by atoms with Crippen molar-refractivity contribution in [1.82, 2.24) is 14.8 Å². The first-order chi connectivity index (χ1) is 13.1. The average Bonchev–Trinajstić information content (AvgIpc) is 3.08. The van der Waals surface area contributed by atoms with Gasteiger partial charge in [-0.3, -0.25) is 0 Å². The highest BCUT2D eigenvalue weighted by molar-refractivity contribution is 6.30. The van der Waals surface area contributed by atoms with Gasteiger partial charge in [-0.25, -0.2) is 9.67 Å². The van der Waals surface area contributed by atoms with E-state index in [1.807, 2.05) is 0 Å². The van der Waals surface area contributed by atoms with Gasteiger partial charge >= 0.3 is 6.18 Å². The maximum absolute atomic E-state index is 13.6. The molecule has 3 rings (SSSR count). The number of hydrogen-bond donors (Lipinski definition) is 2. The van der Waals surface area contributed by atoms with Gasteiger partial charge in [-0.1, -0.05) is 17.7 Å². The van der Waals surface area contributed by atoms with Gasteiger partial charge < -0.3 is 14.9 Å². The Hall–Kier alpha value is -2.78. The zero-order chi connectivity index (χ0) is 20.5. The summed E-state index contributed by atoms with van der Waals surface area (Å²) in [5.41, 5.74) is -3.29. The lowest BCUT2D eigenvalue weighted by molar-refractivity contribution is -0.140. The molecule has 2 N–H and O–H groups in total. The molecule has 0 spiro atoms. The van der Waals surface area contributed by atoms with Crippen LogP contribution < -0.4 is 4.74 Å². The van der Waals surface area contributed by atoms with Gasteiger partial charge in [-0.15, -0.1) is 0 Å². The molecule has 0 fully saturated rings. The topological polar surface area (TPSA) is 80.4 Å². The van der Waals surface area contributed by atoms with E-state index in [1.54, 1.807) is 0 Å². The zero-order valence-corrected chi connectivity index (χ0v) is 15.2. The van der Waals surface area contributed by atoms with Crippen molar-refractivity contribution in [3.8, 4) is 17.2 Å². The van der Waals surface area contributed by atoms with Crippen LogP contribution in [0.15, 0.2) is 49.1 Å². The van der Waals surface area contributed by atoms with Crippen LogP contribution >= 0.6 is 11.6 Å². The van der Waals surface area contributed by atoms with Crippen molar-refractivity contribution in [2.45, 2.75) is 25.2 Å². The normalized spacial score (nSPS) is 13.9. The lowest BCUT2D eigenvalue weighted by Gasteiger charge is -2.27. The van der Waals surface area contributed by atoms with Crippen LogP contribution in [0, 0.1) is 0 Å². The molecule has 0 radical (unpaired) electrons. The maximum atomic E-state index is 13.6. The van der Waals surface area contributed by atoms with E-state index < -0.39 is 17.3 Å².